The Labute approximate surface area is 121 Å². The average Bonchev–Trinajstić information content (AvgIpc) is 2.85. The van der Waals surface area contributed by atoms with Crippen LogP contribution in [0, 0.1) is 6.92 Å². The second kappa shape index (κ2) is 4.60. The third-order valence-electron chi connectivity index (χ3n) is 3.88. The zero-order chi connectivity index (χ0) is 14.4. The third-order valence-corrected chi connectivity index (χ3v) is 3.88. The van der Waals surface area contributed by atoms with Crippen molar-refractivity contribution in [3.63, 3.8) is 0 Å². The fourth-order valence-corrected chi connectivity index (χ4v) is 2.85. The lowest BCUT2D eigenvalue weighted by Gasteiger charge is -2.28. The monoisotopic (exact) mass is 283 g/mol. The number of hydrogen-bond donors (Lipinski definition) is 2. The van der Waals surface area contributed by atoms with Gasteiger partial charge in [0.2, 0.25) is 5.95 Å². The smallest absolute Gasteiger partial charge is 0.222 e. The molecule has 0 unspecified atom stereocenters. The van der Waals surface area contributed by atoms with Crippen LogP contribution in [0.15, 0.2) is 22.6 Å². The summed E-state index contributed by atoms with van der Waals surface area (Å²) in [5.41, 5.74) is 9.44. The topological polar surface area (TPSA) is 80.2 Å². The molecular weight excluding hydrogens is 266 g/mol. The number of fused-ring (bicyclic) bond motifs is 3. The predicted octanol–water partition coefficient (Wildman–Crippen LogP) is 1.68. The van der Waals surface area contributed by atoms with Crippen LogP contribution in [-0.2, 0) is 0 Å². The molecular formula is C15H17N5O. The maximum absolute atomic E-state index is 6.00. The summed E-state index contributed by atoms with van der Waals surface area (Å²) in [6.07, 6.45) is 0. The number of nitrogen functional groups attached to an aromatic ring is 1. The SMILES string of the molecule is Cc1ccc2oc3c(N4CCNCC4)nc(N)nc3c2c1. The molecule has 1 fully saturated rings. The van der Waals surface area contributed by atoms with Crippen molar-refractivity contribution >= 4 is 33.8 Å². The van der Waals surface area contributed by atoms with E-state index >= 15 is 0 Å². The number of rotatable bonds is 1. The van der Waals surface area contributed by atoms with E-state index in [1.807, 2.05) is 12.1 Å². The highest BCUT2D eigenvalue weighted by Gasteiger charge is 2.20. The molecule has 1 aromatic carbocycles. The first-order valence-corrected chi connectivity index (χ1v) is 7.14. The van der Waals surface area contributed by atoms with E-state index in [0.29, 0.717) is 5.95 Å². The van der Waals surface area contributed by atoms with Crippen molar-refractivity contribution in [2.75, 3.05) is 36.8 Å². The van der Waals surface area contributed by atoms with Gasteiger partial charge in [0.05, 0.1) is 0 Å². The maximum atomic E-state index is 6.00. The maximum Gasteiger partial charge on any atom is 0.222 e. The van der Waals surface area contributed by atoms with Gasteiger partial charge in [-0.15, -0.1) is 0 Å². The van der Waals surface area contributed by atoms with Gasteiger partial charge in [0, 0.05) is 31.6 Å². The molecule has 0 amide bonds. The molecule has 3 N–H and O–H groups in total. The fourth-order valence-electron chi connectivity index (χ4n) is 2.85. The Bertz CT molecular complexity index is 820. The van der Waals surface area contributed by atoms with Crippen molar-refractivity contribution in [2.24, 2.45) is 0 Å². The van der Waals surface area contributed by atoms with Gasteiger partial charge in [-0.05, 0) is 19.1 Å². The van der Waals surface area contributed by atoms with Crippen molar-refractivity contribution in [2.45, 2.75) is 6.92 Å². The van der Waals surface area contributed by atoms with Gasteiger partial charge < -0.3 is 20.4 Å². The van der Waals surface area contributed by atoms with Crippen LogP contribution in [0.25, 0.3) is 22.1 Å². The molecule has 6 nitrogen and oxygen atoms in total. The minimum atomic E-state index is 0.292. The molecule has 0 saturated carbocycles. The van der Waals surface area contributed by atoms with E-state index in [4.69, 9.17) is 10.2 Å². The van der Waals surface area contributed by atoms with Crippen LogP contribution in [0.5, 0.6) is 0 Å². The zero-order valence-corrected chi connectivity index (χ0v) is 11.9. The van der Waals surface area contributed by atoms with E-state index in [1.54, 1.807) is 0 Å². The largest absolute Gasteiger partial charge is 0.450 e. The number of hydrogen-bond acceptors (Lipinski definition) is 6. The first-order chi connectivity index (χ1) is 10.2. The highest BCUT2D eigenvalue weighted by molar-refractivity contribution is 6.06. The summed E-state index contributed by atoms with van der Waals surface area (Å²) in [5.74, 6) is 1.09. The van der Waals surface area contributed by atoms with Gasteiger partial charge >= 0.3 is 0 Å². The summed E-state index contributed by atoms with van der Waals surface area (Å²) in [7, 11) is 0. The second-order valence-electron chi connectivity index (χ2n) is 5.42. The van der Waals surface area contributed by atoms with Crippen molar-refractivity contribution in [1.82, 2.24) is 15.3 Å². The molecule has 0 atom stereocenters. The number of nitrogens with zero attached hydrogens (tertiary/aromatic N) is 3. The molecule has 1 aliphatic heterocycles. The van der Waals surface area contributed by atoms with Crippen LogP contribution in [-0.4, -0.2) is 36.1 Å². The Morgan fingerprint density at radius 3 is 2.86 bits per heavy atom. The van der Waals surface area contributed by atoms with Crippen molar-refractivity contribution in [3.05, 3.63) is 23.8 Å². The van der Waals surface area contributed by atoms with Gasteiger partial charge in [0.1, 0.15) is 11.1 Å². The summed E-state index contributed by atoms with van der Waals surface area (Å²) < 4.78 is 6.00. The number of anilines is 2. The summed E-state index contributed by atoms with van der Waals surface area (Å²) in [6.45, 7) is 5.71. The number of nitrogens with one attached hydrogen (secondary N) is 1. The Balaban J connectivity index is 1.99. The van der Waals surface area contributed by atoms with Gasteiger partial charge in [-0.25, -0.2) is 4.98 Å². The van der Waals surface area contributed by atoms with E-state index in [0.717, 1.165) is 54.1 Å². The molecule has 3 aromatic rings. The lowest BCUT2D eigenvalue weighted by Crippen LogP contribution is -2.44. The summed E-state index contributed by atoms with van der Waals surface area (Å²) >= 11 is 0. The lowest BCUT2D eigenvalue weighted by molar-refractivity contribution is 0.580. The van der Waals surface area contributed by atoms with Crippen LogP contribution < -0.4 is 16.0 Å². The van der Waals surface area contributed by atoms with E-state index in [1.165, 1.54) is 5.56 Å². The molecule has 1 aliphatic rings. The van der Waals surface area contributed by atoms with Crippen LogP contribution >= 0.6 is 0 Å². The summed E-state index contributed by atoms with van der Waals surface area (Å²) in [4.78, 5) is 11.0. The minimum absolute atomic E-state index is 0.292. The molecule has 0 radical (unpaired) electrons. The molecule has 21 heavy (non-hydrogen) atoms. The molecule has 3 heterocycles. The summed E-state index contributed by atoms with van der Waals surface area (Å²) in [6, 6.07) is 6.09. The number of aryl methyl sites for hydroxylation is 1. The van der Waals surface area contributed by atoms with Crippen LogP contribution in [0.2, 0.25) is 0 Å². The quantitative estimate of drug-likeness (QED) is 0.707. The molecule has 4 rings (SSSR count). The molecule has 108 valence electrons. The molecule has 2 aromatic heterocycles. The van der Waals surface area contributed by atoms with Crippen LogP contribution in [0.1, 0.15) is 5.56 Å². The van der Waals surface area contributed by atoms with E-state index in [-0.39, 0.29) is 0 Å². The minimum Gasteiger partial charge on any atom is -0.450 e. The molecule has 0 aliphatic carbocycles. The first-order valence-electron chi connectivity index (χ1n) is 7.14. The van der Waals surface area contributed by atoms with E-state index in [9.17, 15) is 0 Å². The summed E-state index contributed by atoms with van der Waals surface area (Å²) in [5, 5.41) is 4.33. The number of aromatic nitrogens is 2. The van der Waals surface area contributed by atoms with Crippen molar-refractivity contribution < 1.29 is 4.42 Å². The average molecular weight is 283 g/mol. The highest BCUT2D eigenvalue weighted by atomic mass is 16.3. The van der Waals surface area contributed by atoms with E-state index in [2.05, 4.69) is 33.2 Å². The number of piperazine rings is 1. The number of nitrogens with two attached hydrogens (primary N) is 1. The normalized spacial score (nSPS) is 16.0. The predicted molar refractivity (Wildman–Crippen MR) is 83.5 cm³/mol. The van der Waals surface area contributed by atoms with Gasteiger partial charge in [-0.1, -0.05) is 11.6 Å². The third kappa shape index (κ3) is 1.99. The van der Waals surface area contributed by atoms with Gasteiger partial charge in [-0.2, -0.15) is 4.98 Å². The zero-order valence-electron chi connectivity index (χ0n) is 11.9. The molecule has 6 heteroatoms. The Hall–Kier alpha value is -2.34. The molecule has 1 saturated heterocycles. The number of benzene rings is 1. The fraction of sp³-hybridized carbons (Fsp3) is 0.333. The van der Waals surface area contributed by atoms with Gasteiger partial charge in [0.25, 0.3) is 0 Å². The Morgan fingerprint density at radius 1 is 1.24 bits per heavy atom. The number of furan rings is 1. The van der Waals surface area contributed by atoms with E-state index < -0.39 is 0 Å². The van der Waals surface area contributed by atoms with Crippen LogP contribution in [0.3, 0.4) is 0 Å². The van der Waals surface area contributed by atoms with Gasteiger partial charge in [0.15, 0.2) is 11.4 Å². The van der Waals surface area contributed by atoms with Crippen molar-refractivity contribution in [1.29, 1.82) is 0 Å². The Morgan fingerprint density at radius 2 is 2.05 bits per heavy atom. The highest BCUT2D eigenvalue weighted by Crippen LogP contribution is 2.33. The molecule has 0 bridgehead atoms. The lowest BCUT2D eigenvalue weighted by atomic mass is 10.1. The van der Waals surface area contributed by atoms with Crippen molar-refractivity contribution in [3.8, 4) is 0 Å². The van der Waals surface area contributed by atoms with Gasteiger partial charge in [-0.3, -0.25) is 0 Å². The van der Waals surface area contributed by atoms with Crippen LogP contribution in [0.4, 0.5) is 11.8 Å². The first kappa shape index (κ1) is 12.4. The Kier molecular flexibility index (Phi) is 2.71. The second-order valence-corrected chi connectivity index (χ2v) is 5.42. The molecule has 0 spiro atoms. The standard InChI is InChI=1S/C15H17N5O/c1-9-2-3-11-10(8-9)12-13(21-11)14(19-15(16)18-12)20-6-4-17-5-7-20/h2-3,8,17H,4-7H2,1H3,(H2,16,18,19).